The SMILES string of the molecule is O=C(NCCc1ccccc1F)[C@@]1(C/C=C/c2ccccc2)COC(c2ccc(OCCCO)cc2)=N1. The van der Waals surface area contributed by atoms with Crippen LogP contribution in [0.15, 0.2) is 89.9 Å². The molecule has 2 N–H and O–H groups in total. The van der Waals surface area contributed by atoms with E-state index >= 15 is 0 Å². The lowest BCUT2D eigenvalue weighted by Gasteiger charge is -2.21. The van der Waals surface area contributed by atoms with Gasteiger partial charge in [0.05, 0.1) is 6.61 Å². The highest BCUT2D eigenvalue weighted by atomic mass is 19.1. The molecule has 0 saturated carbocycles. The highest BCUT2D eigenvalue weighted by Gasteiger charge is 2.43. The lowest BCUT2D eigenvalue weighted by Crippen LogP contribution is -2.47. The van der Waals surface area contributed by atoms with E-state index in [1.54, 1.807) is 18.2 Å². The Bertz CT molecular complexity index is 1230. The number of carbonyl (C=O) groups excluding carboxylic acids is 1. The number of aliphatic hydroxyl groups excluding tert-OH is 1. The van der Waals surface area contributed by atoms with Crippen molar-refractivity contribution >= 4 is 17.9 Å². The van der Waals surface area contributed by atoms with Crippen molar-refractivity contribution in [3.05, 3.63) is 107 Å². The molecule has 4 rings (SSSR count). The van der Waals surface area contributed by atoms with Crippen LogP contribution in [0.2, 0.25) is 0 Å². The van der Waals surface area contributed by atoms with Crippen LogP contribution in [0.4, 0.5) is 4.39 Å². The van der Waals surface area contributed by atoms with Gasteiger partial charge in [-0.2, -0.15) is 0 Å². The summed E-state index contributed by atoms with van der Waals surface area (Å²) in [6, 6.07) is 23.7. The van der Waals surface area contributed by atoms with E-state index in [1.807, 2.05) is 66.7 Å². The van der Waals surface area contributed by atoms with Crippen molar-refractivity contribution in [2.75, 3.05) is 26.4 Å². The van der Waals surface area contributed by atoms with Gasteiger partial charge in [-0.1, -0.05) is 60.7 Å². The normalized spacial score (nSPS) is 16.9. The van der Waals surface area contributed by atoms with E-state index in [0.29, 0.717) is 43.1 Å². The Morgan fingerprint density at radius 1 is 1.08 bits per heavy atom. The first kappa shape index (κ1) is 26.1. The monoisotopic (exact) mass is 502 g/mol. The zero-order chi connectivity index (χ0) is 25.9. The van der Waals surface area contributed by atoms with E-state index < -0.39 is 5.54 Å². The van der Waals surface area contributed by atoms with Crippen LogP contribution in [0.1, 0.15) is 29.5 Å². The van der Waals surface area contributed by atoms with Crippen molar-refractivity contribution in [2.45, 2.75) is 24.8 Å². The van der Waals surface area contributed by atoms with Crippen molar-refractivity contribution in [2.24, 2.45) is 4.99 Å². The van der Waals surface area contributed by atoms with Crippen molar-refractivity contribution in [1.29, 1.82) is 0 Å². The molecule has 0 bridgehead atoms. The quantitative estimate of drug-likeness (QED) is 0.356. The topological polar surface area (TPSA) is 80.2 Å². The predicted molar refractivity (Wildman–Crippen MR) is 142 cm³/mol. The second-order valence-corrected chi connectivity index (χ2v) is 8.80. The molecule has 0 fully saturated rings. The van der Waals surface area contributed by atoms with E-state index in [2.05, 4.69) is 5.32 Å². The smallest absolute Gasteiger partial charge is 0.251 e. The lowest BCUT2D eigenvalue weighted by atomic mass is 9.95. The highest BCUT2D eigenvalue weighted by Crippen LogP contribution is 2.28. The zero-order valence-electron chi connectivity index (χ0n) is 20.6. The van der Waals surface area contributed by atoms with Crippen LogP contribution < -0.4 is 10.1 Å². The highest BCUT2D eigenvalue weighted by molar-refractivity contribution is 6.00. The van der Waals surface area contributed by atoms with Crippen molar-refractivity contribution in [1.82, 2.24) is 5.32 Å². The Balaban J connectivity index is 1.49. The Morgan fingerprint density at radius 3 is 2.59 bits per heavy atom. The molecular weight excluding hydrogens is 471 g/mol. The minimum Gasteiger partial charge on any atom is -0.494 e. The van der Waals surface area contributed by atoms with E-state index in [1.165, 1.54) is 6.07 Å². The number of rotatable bonds is 12. The Kier molecular flexibility index (Phi) is 9.05. The van der Waals surface area contributed by atoms with Crippen LogP contribution in [0.25, 0.3) is 6.08 Å². The summed E-state index contributed by atoms with van der Waals surface area (Å²) in [6.45, 7) is 0.888. The molecule has 0 spiro atoms. The first-order valence-electron chi connectivity index (χ1n) is 12.4. The van der Waals surface area contributed by atoms with Gasteiger partial charge < -0.3 is 19.9 Å². The molecule has 37 heavy (non-hydrogen) atoms. The minimum absolute atomic E-state index is 0.0753. The van der Waals surface area contributed by atoms with Crippen LogP contribution in [-0.4, -0.2) is 48.8 Å². The number of nitrogens with zero attached hydrogens (tertiary/aromatic N) is 1. The average molecular weight is 503 g/mol. The number of hydrogen-bond donors (Lipinski definition) is 2. The van der Waals surface area contributed by atoms with E-state index in [0.717, 1.165) is 11.1 Å². The van der Waals surface area contributed by atoms with Gasteiger partial charge >= 0.3 is 0 Å². The number of aliphatic imine (C=N–C) groups is 1. The first-order valence-corrected chi connectivity index (χ1v) is 12.4. The molecule has 0 saturated heterocycles. The summed E-state index contributed by atoms with van der Waals surface area (Å²) in [5.41, 5.74) is 1.18. The van der Waals surface area contributed by atoms with Gasteiger partial charge in [-0.25, -0.2) is 9.38 Å². The average Bonchev–Trinajstić information content (AvgIpc) is 3.36. The van der Waals surface area contributed by atoms with Crippen LogP contribution in [-0.2, 0) is 16.0 Å². The van der Waals surface area contributed by atoms with E-state index in [-0.39, 0.29) is 31.5 Å². The maximum absolute atomic E-state index is 14.0. The third kappa shape index (κ3) is 7.05. The van der Waals surface area contributed by atoms with Gasteiger partial charge in [0.2, 0.25) is 5.90 Å². The molecule has 1 aliphatic rings. The van der Waals surface area contributed by atoms with Crippen LogP contribution in [0.5, 0.6) is 5.75 Å². The first-order chi connectivity index (χ1) is 18.1. The molecular formula is C30H31FN2O4. The van der Waals surface area contributed by atoms with Crippen LogP contribution >= 0.6 is 0 Å². The molecule has 192 valence electrons. The minimum atomic E-state index is -1.13. The molecule has 1 aliphatic heterocycles. The van der Waals surface area contributed by atoms with E-state index in [9.17, 15) is 9.18 Å². The van der Waals surface area contributed by atoms with E-state index in [4.69, 9.17) is 19.6 Å². The number of amides is 1. The van der Waals surface area contributed by atoms with Gasteiger partial charge in [-0.15, -0.1) is 0 Å². The van der Waals surface area contributed by atoms with Gasteiger partial charge in [0.15, 0.2) is 5.54 Å². The molecule has 1 heterocycles. The lowest BCUT2D eigenvalue weighted by molar-refractivity contribution is -0.126. The summed E-state index contributed by atoms with van der Waals surface area (Å²) < 4.78 is 25.5. The van der Waals surface area contributed by atoms with Gasteiger partial charge in [-0.05, 0) is 47.9 Å². The molecule has 3 aromatic rings. The van der Waals surface area contributed by atoms with Gasteiger partial charge in [0, 0.05) is 31.6 Å². The molecule has 0 unspecified atom stereocenters. The second-order valence-electron chi connectivity index (χ2n) is 8.80. The molecule has 0 radical (unpaired) electrons. The van der Waals surface area contributed by atoms with Gasteiger partial charge in [0.1, 0.15) is 18.2 Å². The third-order valence-corrected chi connectivity index (χ3v) is 6.06. The Morgan fingerprint density at radius 2 is 1.84 bits per heavy atom. The Labute approximate surface area is 216 Å². The third-order valence-electron chi connectivity index (χ3n) is 6.06. The molecule has 0 aromatic heterocycles. The fourth-order valence-corrected chi connectivity index (χ4v) is 3.99. The zero-order valence-corrected chi connectivity index (χ0v) is 20.6. The van der Waals surface area contributed by atoms with Gasteiger partial charge in [-0.3, -0.25) is 4.79 Å². The number of nitrogens with one attached hydrogen (secondary N) is 1. The summed E-state index contributed by atoms with van der Waals surface area (Å²) in [6.07, 6.45) is 5.17. The fourth-order valence-electron chi connectivity index (χ4n) is 3.99. The number of benzene rings is 3. The predicted octanol–water partition coefficient (Wildman–Crippen LogP) is 4.56. The summed E-state index contributed by atoms with van der Waals surface area (Å²) in [5.74, 6) is 0.518. The standard InChI is InChI=1S/C30H31FN2O4/c31-27-12-5-4-11-24(27)17-19-32-29(35)30(18-6-10-23-8-2-1-3-9-23)22-37-28(33-30)25-13-15-26(16-14-25)36-21-7-20-34/h1-6,8-16,34H,7,17-22H2,(H,32,35)/b10-6+/t30-/m1/s1. The summed E-state index contributed by atoms with van der Waals surface area (Å²) in [5, 5.41) is 11.8. The molecule has 1 atom stereocenters. The van der Waals surface area contributed by atoms with Crippen LogP contribution in [0.3, 0.4) is 0 Å². The van der Waals surface area contributed by atoms with Crippen molar-refractivity contribution < 1.29 is 23.8 Å². The molecule has 6 nitrogen and oxygen atoms in total. The fraction of sp³-hybridized carbons (Fsp3) is 0.267. The second kappa shape index (κ2) is 12.8. The summed E-state index contributed by atoms with van der Waals surface area (Å²) >= 11 is 0. The van der Waals surface area contributed by atoms with Gasteiger partial charge in [0.25, 0.3) is 5.91 Å². The number of halogens is 1. The molecule has 7 heteroatoms. The van der Waals surface area contributed by atoms with Crippen molar-refractivity contribution in [3.8, 4) is 5.75 Å². The molecule has 3 aromatic carbocycles. The summed E-state index contributed by atoms with van der Waals surface area (Å²) in [4.78, 5) is 18.1. The Hall–Kier alpha value is -3.97. The van der Waals surface area contributed by atoms with Crippen LogP contribution in [0, 0.1) is 5.82 Å². The number of hydrogen-bond acceptors (Lipinski definition) is 5. The van der Waals surface area contributed by atoms with Crippen molar-refractivity contribution in [3.63, 3.8) is 0 Å². The maximum atomic E-state index is 14.0. The molecule has 0 aliphatic carbocycles. The maximum Gasteiger partial charge on any atom is 0.251 e. The number of ether oxygens (including phenoxy) is 2. The summed E-state index contributed by atoms with van der Waals surface area (Å²) in [7, 11) is 0. The number of aliphatic hydroxyl groups is 1. The molecule has 1 amide bonds. The number of carbonyl (C=O) groups is 1. The largest absolute Gasteiger partial charge is 0.494 e.